The summed E-state index contributed by atoms with van der Waals surface area (Å²) in [7, 11) is 4.06. The second kappa shape index (κ2) is 8.13. The zero-order chi connectivity index (χ0) is 20.5. The molecule has 3 heterocycles. The van der Waals surface area contributed by atoms with Crippen molar-refractivity contribution in [1.29, 1.82) is 0 Å². The normalized spacial score (nSPS) is 17.8. The number of anilines is 2. The number of piperazine rings is 1. The van der Waals surface area contributed by atoms with Crippen LogP contribution in [0, 0.1) is 0 Å². The van der Waals surface area contributed by atoms with Crippen LogP contribution < -0.4 is 4.90 Å². The lowest BCUT2D eigenvalue weighted by Crippen LogP contribution is -2.48. The molecule has 0 atom stereocenters. The van der Waals surface area contributed by atoms with Gasteiger partial charge in [0.25, 0.3) is 0 Å². The molecular weight excluding hydrogens is 364 g/mol. The number of aromatic nitrogens is 1. The van der Waals surface area contributed by atoms with Crippen molar-refractivity contribution < 1.29 is 9.59 Å². The monoisotopic (exact) mass is 394 g/mol. The van der Waals surface area contributed by atoms with Crippen LogP contribution in [0.15, 0.2) is 30.3 Å². The van der Waals surface area contributed by atoms with Gasteiger partial charge in [0.1, 0.15) is 5.69 Å². The second-order valence-electron chi connectivity index (χ2n) is 8.22. The number of ketones is 1. The van der Waals surface area contributed by atoms with E-state index in [-0.39, 0.29) is 11.7 Å². The van der Waals surface area contributed by atoms with E-state index in [0.717, 1.165) is 61.7 Å². The third-order valence-corrected chi connectivity index (χ3v) is 6.11. The smallest absolute Gasteiger partial charge is 0.245 e. The van der Waals surface area contributed by atoms with Crippen LogP contribution in [-0.4, -0.2) is 65.8 Å². The van der Waals surface area contributed by atoms with Gasteiger partial charge in [-0.2, -0.15) is 0 Å². The number of benzene rings is 1. The molecule has 0 unspecified atom stereocenters. The van der Waals surface area contributed by atoms with Gasteiger partial charge in [0.15, 0.2) is 5.78 Å². The van der Waals surface area contributed by atoms with Crippen molar-refractivity contribution in [3.63, 3.8) is 0 Å². The van der Waals surface area contributed by atoms with Crippen molar-refractivity contribution in [2.45, 2.75) is 26.2 Å². The third-order valence-electron chi connectivity index (χ3n) is 6.11. The first kappa shape index (κ1) is 19.9. The maximum Gasteiger partial charge on any atom is 0.245 e. The first-order valence-corrected chi connectivity index (χ1v) is 10.5. The van der Waals surface area contributed by atoms with E-state index >= 15 is 0 Å². The zero-order valence-electron chi connectivity index (χ0n) is 17.6. The Morgan fingerprint density at radius 2 is 1.76 bits per heavy atom. The van der Waals surface area contributed by atoms with Crippen LogP contribution in [0.3, 0.4) is 0 Å². The number of para-hydroxylation sites is 1. The molecule has 1 amide bonds. The highest BCUT2D eigenvalue weighted by Crippen LogP contribution is 2.38. The average Bonchev–Trinajstić information content (AvgIpc) is 2.94. The fourth-order valence-electron chi connectivity index (χ4n) is 4.44. The number of Topliss-reactive ketones (excluding diaryl/α,β-unsaturated/α-hetero) is 1. The van der Waals surface area contributed by atoms with Crippen LogP contribution in [0.2, 0.25) is 0 Å². The van der Waals surface area contributed by atoms with Gasteiger partial charge in [-0.3, -0.25) is 19.4 Å². The molecule has 0 aliphatic carbocycles. The molecule has 4 rings (SSSR count). The van der Waals surface area contributed by atoms with Gasteiger partial charge in [-0.25, -0.2) is 0 Å². The van der Waals surface area contributed by atoms with Gasteiger partial charge in [0, 0.05) is 45.3 Å². The van der Waals surface area contributed by atoms with Crippen molar-refractivity contribution in [2.75, 3.05) is 44.7 Å². The van der Waals surface area contributed by atoms with Gasteiger partial charge in [-0.1, -0.05) is 31.5 Å². The number of likely N-dealkylation sites (N-methyl/N-ethyl adjacent to an activating group) is 1. The van der Waals surface area contributed by atoms with E-state index < -0.39 is 0 Å². The predicted octanol–water partition coefficient (Wildman–Crippen LogP) is 2.63. The van der Waals surface area contributed by atoms with Crippen molar-refractivity contribution in [2.24, 2.45) is 7.05 Å². The summed E-state index contributed by atoms with van der Waals surface area (Å²) in [5.41, 5.74) is 4.24. The van der Waals surface area contributed by atoms with E-state index in [1.165, 1.54) is 0 Å². The van der Waals surface area contributed by atoms with Crippen molar-refractivity contribution in [3.8, 4) is 0 Å². The van der Waals surface area contributed by atoms with E-state index in [0.29, 0.717) is 18.7 Å². The minimum atomic E-state index is 0.0339. The summed E-state index contributed by atoms with van der Waals surface area (Å²) in [6.07, 6.45) is 2.21. The second-order valence-corrected chi connectivity index (χ2v) is 8.22. The number of fused-ring (bicyclic) bond motifs is 2. The van der Waals surface area contributed by atoms with Crippen molar-refractivity contribution in [3.05, 3.63) is 47.3 Å². The molecule has 6 nitrogen and oxygen atoms in total. The van der Waals surface area contributed by atoms with Gasteiger partial charge in [-0.05, 0) is 31.2 Å². The minimum absolute atomic E-state index is 0.0339. The molecule has 6 heteroatoms. The highest BCUT2D eigenvalue weighted by molar-refractivity contribution is 6.12. The number of rotatable bonds is 4. The molecule has 2 aliphatic rings. The maximum atomic E-state index is 13.6. The largest absolute Gasteiger partial charge is 0.344 e. The summed E-state index contributed by atoms with van der Waals surface area (Å²) >= 11 is 0. The summed E-state index contributed by atoms with van der Waals surface area (Å²) in [5, 5.41) is 0. The van der Waals surface area contributed by atoms with E-state index in [1.807, 2.05) is 41.9 Å². The highest BCUT2D eigenvalue weighted by Gasteiger charge is 2.33. The third kappa shape index (κ3) is 3.74. The molecule has 1 fully saturated rings. The molecule has 1 aromatic heterocycles. The Hall–Kier alpha value is -2.44. The SMILES string of the molecule is CCCc1cc2c(n1C)C(=O)Cc1ccccc1N2C(=O)CN1CCN(C)CC1. The lowest BCUT2D eigenvalue weighted by molar-refractivity contribution is -0.119. The molecule has 29 heavy (non-hydrogen) atoms. The fraction of sp³-hybridized carbons (Fsp3) is 0.478. The fourth-order valence-corrected chi connectivity index (χ4v) is 4.44. The average molecular weight is 395 g/mol. The number of carbonyl (C=O) groups excluding carboxylic acids is 2. The Labute approximate surface area is 172 Å². The van der Waals surface area contributed by atoms with Gasteiger partial charge in [0.2, 0.25) is 5.91 Å². The molecule has 1 saturated heterocycles. The van der Waals surface area contributed by atoms with E-state index in [4.69, 9.17) is 0 Å². The lowest BCUT2D eigenvalue weighted by Gasteiger charge is -2.33. The number of hydrogen-bond acceptors (Lipinski definition) is 4. The summed E-state index contributed by atoms with van der Waals surface area (Å²) in [6.45, 7) is 6.22. The molecule has 2 aliphatic heterocycles. The molecule has 0 saturated carbocycles. The Balaban J connectivity index is 1.75. The summed E-state index contributed by atoms with van der Waals surface area (Å²) < 4.78 is 1.99. The summed E-state index contributed by atoms with van der Waals surface area (Å²) in [6, 6.07) is 9.85. The highest BCUT2D eigenvalue weighted by atomic mass is 16.2. The number of hydrogen-bond donors (Lipinski definition) is 0. The first-order chi connectivity index (χ1) is 14.0. The van der Waals surface area contributed by atoms with Crippen LogP contribution in [0.25, 0.3) is 0 Å². The molecular formula is C23H30N4O2. The Bertz CT molecular complexity index is 925. The predicted molar refractivity (Wildman–Crippen MR) is 115 cm³/mol. The van der Waals surface area contributed by atoms with E-state index in [1.54, 1.807) is 4.90 Å². The topological polar surface area (TPSA) is 48.8 Å². The lowest BCUT2D eigenvalue weighted by atomic mass is 10.1. The molecule has 2 aromatic rings. The molecule has 0 N–H and O–H groups in total. The van der Waals surface area contributed by atoms with Crippen LogP contribution in [0.5, 0.6) is 0 Å². The van der Waals surface area contributed by atoms with Crippen molar-refractivity contribution in [1.82, 2.24) is 14.4 Å². The molecule has 0 bridgehead atoms. The summed E-state index contributed by atoms with van der Waals surface area (Å²) in [4.78, 5) is 33.0. The van der Waals surface area contributed by atoms with Gasteiger partial charge < -0.3 is 9.47 Å². The Morgan fingerprint density at radius 1 is 1.03 bits per heavy atom. The number of carbonyl (C=O) groups is 2. The quantitative estimate of drug-likeness (QED) is 0.800. The number of amides is 1. The standard InChI is InChI=1S/C23H30N4O2/c1-4-7-18-15-20-23(25(18)3)21(28)14-17-8-5-6-9-19(17)27(20)22(29)16-26-12-10-24(2)11-13-26/h5-6,8-9,15H,4,7,10-14,16H2,1-3H3. The molecule has 1 aromatic carbocycles. The zero-order valence-corrected chi connectivity index (χ0v) is 17.6. The molecule has 154 valence electrons. The van der Waals surface area contributed by atoms with E-state index in [9.17, 15) is 9.59 Å². The molecule has 0 radical (unpaired) electrons. The molecule has 0 spiro atoms. The minimum Gasteiger partial charge on any atom is -0.344 e. The first-order valence-electron chi connectivity index (χ1n) is 10.5. The van der Waals surface area contributed by atoms with Crippen LogP contribution in [0.1, 0.15) is 35.1 Å². The van der Waals surface area contributed by atoms with Crippen molar-refractivity contribution >= 4 is 23.1 Å². The number of nitrogens with zero attached hydrogens (tertiary/aromatic N) is 4. The van der Waals surface area contributed by atoms with Gasteiger partial charge in [0.05, 0.1) is 17.9 Å². The van der Waals surface area contributed by atoms with Gasteiger partial charge >= 0.3 is 0 Å². The number of aryl methyl sites for hydroxylation is 1. The van der Waals surface area contributed by atoms with Crippen LogP contribution in [-0.2, 0) is 24.7 Å². The van der Waals surface area contributed by atoms with Gasteiger partial charge in [-0.15, -0.1) is 0 Å². The van der Waals surface area contributed by atoms with Crippen LogP contribution >= 0.6 is 0 Å². The summed E-state index contributed by atoms with van der Waals surface area (Å²) in [5.74, 6) is 0.110. The Kier molecular flexibility index (Phi) is 5.56. The Morgan fingerprint density at radius 3 is 2.48 bits per heavy atom. The van der Waals surface area contributed by atoms with E-state index in [2.05, 4.69) is 23.8 Å². The van der Waals surface area contributed by atoms with Crippen LogP contribution in [0.4, 0.5) is 11.4 Å². The maximum absolute atomic E-state index is 13.6.